The topological polar surface area (TPSA) is 21.3 Å². The van der Waals surface area contributed by atoms with Crippen LogP contribution in [0.25, 0.3) is 0 Å². The Bertz CT molecular complexity index is 362. The minimum atomic E-state index is 0.256. The first-order valence-electron chi connectivity index (χ1n) is 7.40. The normalized spacial score (nSPS) is 14.6. The van der Waals surface area contributed by atoms with E-state index in [-0.39, 0.29) is 6.10 Å². The van der Waals surface area contributed by atoms with Crippen LogP contribution in [0, 0.1) is 12.8 Å². The van der Waals surface area contributed by atoms with Gasteiger partial charge in [0.25, 0.3) is 0 Å². The lowest BCUT2D eigenvalue weighted by atomic mass is 9.92. The van der Waals surface area contributed by atoms with Gasteiger partial charge in [0, 0.05) is 13.2 Å². The first kappa shape index (κ1) is 16.2. The summed E-state index contributed by atoms with van der Waals surface area (Å²) in [6, 6.07) is 9.01. The van der Waals surface area contributed by atoms with E-state index in [1.165, 1.54) is 11.1 Å². The van der Waals surface area contributed by atoms with Gasteiger partial charge in [-0.25, -0.2) is 0 Å². The molecule has 1 aromatic rings. The lowest BCUT2D eigenvalue weighted by molar-refractivity contribution is 0.0332. The molecule has 0 bridgehead atoms. The van der Waals surface area contributed by atoms with Gasteiger partial charge in [0.15, 0.2) is 0 Å². The summed E-state index contributed by atoms with van der Waals surface area (Å²) in [6.07, 6.45) is 2.44. The van der Waals surface area contributed by atoms with E-state index in [0.29, 0.717) is 12.0 Å². The molecule has 0 amide bonds. The number of methoxy groups -OCH3 is 1. The van der Waals surface area contributed by atoms with Gasteiger partial charge in [-0.1, -0.05) is 45.0 Å². The standard InChI is InChI=1S/C17H29NO/c1-6-11-18-16(17(19-5)13(2)3)12-15-10-8-7-9-14(15)4/h7-10,13,16-18H,6,11-12H2,1-5H3. The van der Waals surface area contributed by atoms with Crippen LogP contribution in [0.4, 0.5) is 0 Å². The molecule has 0 saturated heterocycles. The third-order valence-corrected chi connectivity index (χ3v) is 3.68. The van der Waals surface area contributed by atoms with Crippen LogP contribution in [0.3, 0.4) is 0 Å². The molecule has 108 valence electrons. The Morgan fingerprint density at radius 1 is 1.21 bits per heavy atom. The van der Waals surface area contributed by atoms with Crippen molar-refractivity contribution < 1.29 is 4.74 Å². The van der Waals surface area contributed by atoms with E-state index < -0.39 is 0 Å². The molecule has 0 fully saturated rings. The van der Waals surface area contributed by atoms with E-state index in [9.17, 15) is 0 Å². The molecular weight excluding hydrogens is 234 g/mol. The van der Waals surface area contributed by atoms with Crippen LogP contribution in [0.1, 0.15) is 38.3 Å². The molecule has 2 unspecified atom stereocenters. The Balaban J connectivity index is 2.82. The van der Waals surface area contributed by atoms with Gasteiger partial charge >= 0.3 is 0 Å². The number of ether oxygens (including phenoxy) is 1. The molecule has 0 aliphatic carbocycles. The van der Waals surface area contributed by atoms with E-state index in [1.807, 2.05) is 7.11 Å². The van der Waals surface area contributed by atoms with Crippen LogP contribution < -0.4 is 5.32 Å². The highest BCUT2D eigenvalue weighted by molar-refractivity contribution is 5.26. The van der Waals surface area contributed by atoms with E-state index in [1.54, 1.807) is 0 Å². The summed E-state index contributed by atoms with van der Waals surface area (Å²) in [6.45, 7) is 9.89. The van der Waals surface area contributed by atoms with E-state index in [2.05, 4.69) is 57.3 Å². The molecule has 1 N–H and O–H groups in total. The van der Waals surface area contributed by atoms with Crippen molar-refractivity contribution in [2.45, 2.75) is 52.7 Å². The number of hydrogen-bond acceptors (Lipinski definition) is 2. The summed E-state index contributed by atoms with van der Waals surface area (Å²) in [7, 11) is 1.82. The zero-order valence-corrected chi connectivity index (χ0v) is 13.1. The van der Waals surface area contributed by atoms with Crippen molar-refractivity contribution in [3.05, 3.63) is 35.4 Å². The van der Waals surface area contributed by atoms with Gasteiger partial charge in [0.1, 0.15) is 0 Å². The molecule has 19 heavy (non-hydrogen) atoms. The molecule has 0 aliphatic heterocycles. The molecule has 0 heterocycles. The largest absolute Gasteiger partial charge is 0.380 e. The first-order valence-corrected chi connectivity index (χ1v) is 7.40. The molecule has 0 aromatic heterocycles. The van der Waals surface area contributed by atoms with Crippen molar-refractivity contribution in [3.63, 3.8) is 0 Å². The fourth-order valence-electron chi connectivity index (χ4n) is 2.61. The fraction of sp³-hybridized carbons (Fsp3) is 0.647. The number of benzene rings is 1. The molecule has 1 rings (SSSR count). The monoisotopic (exact) mass is 263 g/mol. The Labute approximate surface area is 118 Å². The summed E-state index contributed by atoms with van der Waals surface area (Å²) < 4.78 is 5.72. The summed E-state index contributed by atoms with van der Waals surface area (Å²) in [4.78, 5) is 0. The first-order chi connectivity index (χ1) is 9.10. The third kappa shape index (κ3) is 4.96. The van der Waals surface area contributed by atoms with Gasteiger partial charge in [-0.2, -0.15) is 0 Å². The summed E-state index contributed by atoms with van der Waals surface area (Å²) in [5.74, 6) is 0.517. The second-order valence-corrected chi connectivity index (χ2v) is 5.64. The lowest BCUT2D eigenvalue weighted by Gasteiger charge is -2.30. The number of hydrogen-bond donors (Lipinski definition) is 1. The zero-order chi connectivity index (χ0) is 14.3. The van der Waals surface area contributed by atoms with Crippen molar-refractivity contribution in [3.8, 4) is 0 Å². The highest BCUT2D eigenvalue weighted by Gasteiger charge is 2.24. The van der Waals surface area contributed by atoms with Gasteiger partial charge in [-0.15, -0.1) is 0 Å². The van der Waals surface area contributed by atoms with E-state index in [0.717, 1.165) is 19.4 Å². The van der Waals surface area contributed by atoms with Crippen LogP contribution >= 0.6 is 0 Å². The van der Waals surface area contributed by atoms with Crippen molar-refractivity contribution in [1.82, 2.24) is 5.32 Å². The zero-order valence-electron chi connectivity index (χ0n) is 13.1. The predicted octanol–water partition coefficient (Wildman–Crippen LogP) is 3.58. The fourth-order valence-corrected chi connectivity index (χ4v) is 2.61. The van der Waals surface area contributed by atoms with Gasteiger partial charge < -0.3 is 10.1 Å². The molecular formula is C17H29NO. The van der Waals surface area contributed by atoms with Crippen LogP contribution in [0.2, 0.25) is 0 Å². The smallest absolute Gasteiger partial charge is 0.0750 e. The number of aryl methyl sites for hydroxylation is 1. The molecule has 2 heteroatoms. The van der Waals surface area contributed by atoms with E-state index >= 15 is 0 Å². The van der Waals surface area contributed by atoms with Crippen LogP contribution in [-0.2, 0) is 11.2 Å². The maximum Gasteiger partial charge on any atom is 0.0750 e. The average molecular weight is 263 g/mol. The number of rotatable bonds is 8. The second-order valence-electron chi connectivity index (χ2n) is 5.64. The maximum absolute atomic E-state index is 5.72. The summed E-state index contributed by atoms with van der Waals surface area (Å²) >= 11 is 0. The van der Waals surface area contributed by atoms with E-state index in [4.69, 9.17) is 4.74 Å². The number of nitrogens with one attached hydrogen (secondary N) is 1. The molecule has 2 nitrogen and oxygen atoms in total. The van der Waals surface area contributed by atoms with Crippen LogP contribution in [-0.4, -0.2) is 25.8 Å². The quantitative estimate of drug-likeness (QED) is 0.774. The second kappa shape index (κ2) is 8.34. The van der Waals surface area contributed by atoms with Crippen molar-refractivity contribution in [2.75, 3.05) is 13.7 Å². The van der Waals surface area contributed by atoms with Gasteiger partial charge in [-0.05, 0) is 43.4 Å². The van der Waals surface area contributed by atoms with Crippen LogP contribution in [0.15, 0.2) is 24.3 Å². The summed E-state index contributed by atoms with van der Waals surface area (Å²) in [5.41, 5.74) is 2.78. The highest BCUT2D eigenvalue weighted by Crippen LogP contribution is 2.17. The molecule has 0 spiro atoms. The van der Waals surface area contributed by atoms with Gasteiger partial charge in [0.2, 0.25) is 0 Å². The molecule has 0 saturated carbocycles. The van der Waals surface area contributed by atoms with Crippen molar-refractivity contribution >= 4 is 0 Å². The Kier molecular flexibility index (Phi) is 7.11. The van der Waals surface area contributed by atoms with Crippen molar-refractivity contribution in [1.29, 1.82) is 0 Å². The SMILES string of the molecule is CCCNC(Cc1ccccc1C)C(OC)C(C)C. The summed E-state index contributed by atoms with van der Waals surface area (Å²) in [5, 5.41) is 3.65. The minimum absolute atomic E-state index is 0.256. The Hall–Kier alpha value is -0.860. The van der Waals surface area contributed by atoms with Gasteiger partial charge in [-0.3, -0.25) is 0 Å². The highest BCUT2D eigenvalue weighted by atomic mass is 16.5. The Morgan fingerprint density at radius 2 is 1.89 bits per heavy atom. The van der Waals surface area contributed by atoms with Gasteiger partial charge in [0.05, 0.1) is 6.10 Å². The molecule has 0 aliphatic rings. The third-order valence-electron chi connectivity index (χ3n) is 3.68. The van der Waals surface area contributed by atoms with Crippen LogP contribution in [0.5, 0.6) is 0 Å². The Morgan fingerprint density at radius 3 is 2.42 bits per heavy atom. The molecule has 1 aromatic carbocycles. The molecule has 2 atom stereocenters. The minimum Gasteiger partial charge on any atom is -0.380 e. The maximum atomic E-state index is 5.72. The van der Waals surface area contributed by atoms with Crippen molar-refractivity contribution in [2.24, 2.45) is 5.92 Å². The molecule has 0 radical (unpaired) electrons. The lowest BCUT2D eigenvalue weighted by Crippen LogP contribution is -2.45. The predicted molar refractivity (Wildman–Crippen MR) is 82.6 cm³/mol. The average Bonchev–Trinajstić information content (AvgIpc) is 2.38.